The molecular weight excluding hydrogens is 311 g/mol. The summed E-state index contributed by atoms with van der Waals surface area (Å²) in [5, 5.41) is 20.7. The van der Waals surface area contributed by atoms with Crippen LogP contribution in [0.3, 0.4) is 0 Å². The van der Waals surface area contributed by atoms with Crippen LogP contribution >= 0.6 is 11.6 Å². The lowest BCUT2D eigenvalue weighted by Crippen LogP contribution is -2.41. The van der Waals surface area contributed by atoms with Gasteiger partial charge in [0.2, 0.25) is 0 Å². The summed E-state index contributed by atoms with van der Waals surface area (Å²) in [6.07, 6.45) is -3.89. The van der Waals surface area contributed by atoms with Crippen LogP contribution in [0.4, 0.5) is 18.9 Å². The Kier molecular flexibility index (Phi) is 3.87. The molecule has 0 saturated heterocycles. The zero-order chi connectivity index (χ0) is 15.8. The van der Waals surface area contributed by atoms with Crippen LogP contribution in [0.5, 0.6) is 0 Å². The van der Waals surface area contributed by atoms with Gasteiger partial charge in [-0.05, 0) is 25.0 Å². The first kappa shape index (κ1) is 15.6. The van der Waals surface area contributed by atoms with E-state index in [2.05, 4.69) is 5.92 Å². The van der Waals surface area contributed by atoms with Crippen molar-refractivity contribution in [3.63, 3.8) is 0 Å². The molecule has 0 radical (unpaired) electrons. The van der Waals surface area contributed by atoms with Crippen molar-refractivity contribution in [3.8, 4) is 11.8 Å². The lowest BCUT2D eigenvalue weighted by atomic mass is 9.92. The average molecular weight is 320 g/mol. The Balaban J connectivity index is 2.64. The molecule has 0 spiro atoms. The molecule has 21 heavy (non-hydrogen) atoms. The van der Waals surface area contributed by atoms with Crippen molar-refractivity contribution in [1.29, 1.82) is 0 Å². The summed E-state index contributed by atoms with van der Waals surface area (Å²) in [5.41, 5.74) is -5.48. The molecule has 2 rings (SSSR count). The van der Waals surface area contributed by atoms with Gasteiger partial charge in [-0.25, -0.2) is 0 Å². The summed E-state index contributed by atoms with van der Waals surface area (Å²) in [6, 6.07) is 2.61. The fourth-order valence-corrected chi connectivity index (χ4v) is 1.85. The standard InChI is InChI=1S/C13H9ClF3NO3/c14-9-3-4-11(18(20)21)10(7-9)12(19,13(15,16)17)6-5-8-1-2-8/h3-4,7-8,19H,1-2H2/t12-/m0/s1. The lowest BCUT2D eigenvalue weighted by molar-refractivity contribution is -0.387. The molecule has 0 heterocycles. The van der Waals surface area contributed by atoms with E-state index in [0.717, 1.165) is 18.2 Å². The molecule has 112 valence electrons. The summed E-state index contributed by atoms with van der Waals surface area (Å²) in [4.78, 5) is 9.88. The number of hydrogen-bond donors (Lipinski definition) is 1. The van der Waals surface area contributed by atoms with E-state index in [4.69, 9.17) is 11.6 Å². The Morgan fingerprint density at radius 3 is 2.48 bits per heavy atom. The average Bonchev–Trinajstić information content (AvgIpc) is 3.18. The number of alkyl halides is 3. The number of nitro benzene ring substituents is 1. The highest BCUT2D eigenvalue weighted by atomic mass is 35.5. The van der Waals surface area contributed by atoms with Gasteiger partial charge in [0.1, 0.15) is 0 Å². The van der Waals surface area contributed by atoms with Gasteiger partial charge in [-0.1, -0.05) is 23.4 Å². The molecule has 1 fully saturated rings. The number of aliphatic hydroxyl groups is 1. The van der Waals surface area contributed by atoms with E-state index >= 15 is 0 Å². The van der Waals surface area contributed by atoms with Crippen molar-refractivity contribution in [2.45, 2.75) is 24.6 Å². The first-order valence-corrected chi connectivity index (χ1v) is 6.29. The van der Waals surface area contributed by atoms with Crippen LogP contribution in [-0.4, -0.2) is 16.2 Å². The Labute approximate surface area is 122 Å². The maximum Gasteiger partial charge on any atom is 0.433 e. The van der Waals surface area contributed by atoms with Gasteiger partial charge in [-0.15, -0.1) is 0 Å². The SMILES string of the molecule is O=[N+]([O-])c1ccc(Cl)cc1[C@@](O)(C#CC1CC1)C(F)(F)F. The van der Waals surface area contributed by atoms with Gasteiger partial charge in [0.05, 0.1) is 10.5 Å². The maximum absolute atomic E-state index is 13.2. The number of hydrogen-bond acceptors (Lipinski definition) is 3. The van der Waals surface area contributed by atoms with Crippen LogP contribution in [0.1, 0.15) is 18.4 Å². The minimum absolute atomic E-state index is 0.161. The fourth-order valence-electron chi connectivity index (χ4n) is 1.68. The molecular formula is C13H9ClF3NO3. The van der Waals surface area contributed by atoms with Crippen LogP contribution in [-0.2, 0) is 5.60 Å². The molecule has 1 aromatic rings. The van der Waals surface area contributed by atoms with Crippen molar-refractivity contribution < 1.29 is 23.2 Å². The van der Waals surface area contributed by atoms with Gasteiger partial charge in [0.15, 0.2) is 0 Å². The van der Waals surface area contributed by atoms with Gasteiger partial charge in [-0.2, -0.15) is 13.2 Å². The van der Waals surface area contributed by atoms with Crippen LogP contribution in [0.2, 0.25) is 5.02 Å². The van der Waals surface area contributed by atoms with E-state index in [9.17, 15) is 28.4 Å². The zero-order valence-electron chi connectivity index (χ0n) is 10.4. The molecule has 1 aliphatic carbocycles. The van der Waals surface area contributed by atoms with Gasteiger partial charge in [0.25, 0.3) is 11.3 Å². The third-order valence-corrected chi connectivity index (χ3v) is 3.22. The number of nitro groups is 1. The third kappa shape index (κ3) is 3.12. The van der Waals surface area contributed by atoms with Crippen LogP contribution in [0.15, 0.2) is 18.2 Å². The van der Waals surface area contributed by atoms with E-state index in [0.29, 0.717) is 12.8 Å². The second kappa shape index (κ2) is 5.20. The molecule has 8 heteroatoms. The Bertz CT molecular complexity index is 646. The monoisotopic (exact) mass is 319 g/mol. The quantitative estimate of drug-likeness (QED) is 0.516. The van der Waals surface area contributed by atoms with Crippen molar-refractivity contribution in [2.24, 2.45) is 5.92 Å². The van der Waals surface area contributed by atoms with E-state index in [1.807, 2.05) is 0 Å². The fraction of sp³-hybridized carbons (Fsp3) is 0.385. The second-order valence-corrected chi connectivity index (χ2v) is 5.11. The minimum atomic E-state index is -5.19. The number of halogens is 4. The topological polar surface area (TPSA) is 63.4 Å². The molecule has 1 atom stereocenters. The van der Waals surface area contributed by atoms with E-state index in [-0.39, 0.29) is 10.9 Å². The largest absolute Gasteiger partial charge is 0.433 e. The van der Waals surface area contributed by atoms with Crippen molar-refractivity contribution in [3.05, 3.63) is 38.9 Å². The minimum Gasteiger partial charge on any atom is -0.366 e. The van der Waals surface area contributed by atoms with E-state index < -0.39 is 28.0 Å². The molecule has 0 bridgehead atoms. The lowest BCUT2D eigenvalue weighted by Gasteiger charge is -2.25. The molecule has 0 amide bonds. The number of nitrogens with zero attached hydrogens (tertiary/aromatic N) is 1. The van der Waals surface area contributed by atoms with Crippen LogP contribution in [0.25, 0.3) is 0 Å². The van der Waals surface area contributed by atoms with Gasteiger partial charge in [-0.3, -0.25) is 10.1 Å². The van der Waals surface area contributed by atoms with Crippen LogP contribution < -0.4 is 0 Å². The zero-order valence-corrected chi connectivity index (χ0v) is 11.2. The summed E-state index contributed by atoms with van der Waals surface area (Å²) in [5.74, 6) is 3.85. The Hall–Kier alpha value is -1.78. The molecule has 1 aliphatic rings. The highest BCUT2D eigenvalue weighted by Gasteiger charge is 2.57. The molecule has 0 aliphatic heterocycles. The normalized spacial score (nSPS) is 17.6. The van der Waals surface area contributed by atoms with Gasteiger partial charge >= 0.3 is 6.18 Å². The summed E-state index contributed by atoms with van der Waals surface area (Å²) < 4.78 is 39.7. The maximum atomic E-state index is 13.2. The molecule has 1 N–H and O–H groups in total. The van der Waals surface area contributed by atoms with E-state index in [1.54, 1.807) is 5.92 Å². The molecule has 1 aromatic carbocycles. The second-order valence-electron chi connectivity index (χ2n) is 4.67. The smallest absolute Gasteiger partial charge is 0.366 e. The van der Waals surface area contributed by atoms with Crippen molar-refractivity contribution in [2.75, 3.05) is 0 Å². The Morgan fingerprint density at radius 1 is 1.38 bits per heavy atom. The first-order valence-electron chi connectivity index (χ1n) is 5.91. The molecule has 0 unspecified atom stereocenters. The third-order valence-electron chi connectivity index (χ3n) is 2.99. The predicted octanol–water partition coefficient (Wildman–Crippen LogP) is 3.41. The molecule has 1 saturated carbocycles. The summed E-state index contributed by atoms with van der Waals surface area (Å²) in [6.45, 7) is 0. The van der Waals surface area contributed by atoms with Crippen LogP contribution in [0, 0.1) is 27.9 Å². The van der Waals surface area contributed by atoms with Gasteiger partial charge in [0, 0.05) is 17.0 Å². The predicted molar refractivity (Wildman–Crippen MR) is 68.6 cm³/mol. The first-order chi connectivity index (χ1) is 9.65. The van der Waals surface area contributed by atoms with Gasteiger partial charge < -0.3 is 5.11 Å². The van der Waals surface area contributed by atoms with Crippen molar-refractivity contribution in [1.82, 2.24) is 0 Å². The number of benzene rings is 1. The number of rotatable bonds is 2. The Morgan fingerprint density at radius 2 is 2.00 bits per heavy atom. The van der Waals surface area contributed by atoms with Crippen molar-refractivity contribution >= 4 is 17.3 Å². The highest BCUT2D eigenvalue weighted by molar-refractivity contribution is 6.30. The summed E-state index contributed by atoms with van der Waals surface area (Å²) >= 11 is 5.60. The molecule has 4 nitrogen and oxygen atoms in total. The summed E-state index contributed by atoms with van der Waals surface area (Å²) in [7, 11) is 0. The molecule has 0 aromatic heterocycles. The highest BCUT2D eigenvalue weighted by Crippen LogP contribution is 2.43. The van der Waals surface area contributed by atoms with E-state index in [1.165, 1.54) is 0 Å².